The fourth-order valence-electron chi connectivity index (χ4n) is 6.38. The molecule has 0 rings (SSSR count). The van der Waals surface area contributed by atoms with Crippen molar-refractivity contribution >= 4 is 17.9 Å². The maximum atomic E-state index is 12.8. The molecule has 0 aliphatic heterocycles. The molecule has 0 amide bonds. The van der Waals surface area contributed by atoms with Gasteiger partial charge in [-0.25, -0.2) is 0 Å². The van der Waals surface area contributed by atoms with Gasteiger partial charge in [0.05, 0.1) is 40.3 Å². The summed E-state index contributed by atoms with van der Waals surface area (Å²) in [6, 6.07) is 0. The smallest absolute Gasteiger partial charge is 0.306 e. The van der Waals surface area contributed by atoms with Crippen LogP contribution in [0.2, 0.25) is 0 Å². The molecule has 0 fully saturated rings. The topological polar surface area (TPSA) is 111 Å². The van der Waals surface area contributed by atoms with Gasteiger partial charge in [-0.05, 0) is 83.5 Å². The Morgan fingerprint density at radius 2 is 0.919 bits per heavy atom. The van der Waals surface area contributed by atoms with E-state index in [1.54, 1.807) is 0 Å². The number of allylic oxidation sites excluding steroid dienone is 12. The van der Waals surface area contributed by atoms with Crippen molar-refractivity contribution in [1.29, 1.82) is 0 Å². The van der Waals surface area contributed by atoms with E-state index in [0.717, 1.165) is 96.3 Å². The van der Waals surface area contributed by atoms with Crippen molar-refractivity contribution in [2.75, 3.05) is 47.5 Å². The minimum absolute atomic E-state index is 0.140. The molecule has 0 saturated carbocycles. The Morgan fingerprint density at radius 1 is 0.500 bits per heavy atom. The fourth-order valence-corrected chi connectivity index (χ4v) is 6.38. The lowest BCUT2D eigenvalue weighted by molar-refractivity contribution is -0.870. The summed E-state index contributed by atoms with van der Waals surface area (Å²) in [6.45, 7) is 4.58. The number of nitrogens with zero attached hydrogens (tertiary/aromatic N) is 1. The van der Waals surface area contributed by atoms with E-state index in [4.69, 9.17) is 18.9 Å². The average Bonchev–Trinajstić information content (AvgIpc) is 3.23. The molecule has 0 aromatic heterocycles. The van der Waals surface area contributed by atoms with Crippen LogP contribution in [0.15, 0.2) is 72.9 Å². The van der Waals surface area contributed by atoms with E-state index >= 15 is 0 Å². The molecule has 0 spiro atoms. The van der Waals surface area contributed by atoms with E-state index in [2.05, 4.69) is 86.8 Å². The zero-order valence-corrected chi connectivity index (χ0v) is 40.2. The number of likely N-dealkylation sites (N-methyl/N-ethyl adjacent to an activating group) is 1. The fraction of sp³-hybridized carbons (Fsp3) is 0.717. The number of carbonyl (C=O) groups excluding carboxylic acids is 3. The molecule has 0 heterocycles. The second kappa shape index (κ2) is 44.3. The maximum absolute atomic E-state index is 12.8. The molecular weight excluding hydrogens is 779 g/mol. The van der Waals surface area contributed by atoms with Gasteiger partial charge in [-0.1, -0.05) is 164 Å². The number of hydrogen-bond donors (Lipinski definition) is 0. The van der Waals surface area contributed by atoms with Crippen molar-refractivity contribution in [2.24, 2.45) is 0 Å². The van der Waals surface area contributed by atoms with E-state index in [9.17, 15) is 19.5 Å². The van der Waals surface area contributed by atoms with Crippen LogP contribution in [0.1, 0.15) is 187 Å². The Balaban J connectivity index is 4.42. The lowest BCUT2D eigenvalue weighted by atomic mass is 10.1. The summed E-state index contributed by atoms with van der Waals surface area (Å²) >= 11 is 0. The number of ether oxygens (including phenoxy) is 4. The van der Waals surface area contributed by atoms with Gasteiger partial charge in [0.15, 0.2) is 12.4 Å². The van der Waals surface area contributed by atoms with Crippen LogP contribution in [-0.2, 0) is 33.3 Å². The third-order valence-corrected chi connectivity index (χ3v) is 10.2. The molecule has 2 atom stereocenters. The molecule has 0 saturated heterocycles. The Hall–Kier alpha value is -3.27. The third-order valence-electron chi connectivity index (χ3n) is 10.2. The van der Waals surface area contributed by atoms with E-state index < -0.39 is 24.3 Å². The standard InChI is InChI=1S/C53H91NO8/c1-6-8-10-12-14-16-18-20-22-24-25-26-27-28-30-32-34-36-38-40-42-44-51(56)62-49(48-61-53(52(57)58)59-46-45-54(3,4)5)47-60-50(55)43-41-39-37-35-33-31-29-23-21-19-17-15-13-11-9-7-2/h8,10,14,16-17,19-20,22-23,25-26,29,49,53H,6-7,9,11-13,15,18,21,24,27-28,30-48H2,1-5H3/b10-8-,16-14-,19-17-,22-20-,26-25-,29-23-. The Labute approximate surface area is 379 Å². The number of esters is 2. The molecule has 0 aromatic rings. The lowest BCUT2D eigenvalue weighted by Crippen LogP contribution is -2.44. The first-order chi connectivity index (χ1) is 30.1. The zero-order chi connectivity index (χ0) is 45.6. The molecule has 2 unspecified atom stereocenters. The van der Waals surface area contributed by atoms with Gasteiger partial charge in [-0.2, -0.15) is 0 Å². The first-order valence-corrected chi connectivity index (χ1v) is 24.6. The van der Waals surface area contributed by atoms with E-state index in [0.29, 0.717) is 17.4 Å². The number of carboxylic acid groups (broad SMARTS) is 1. The predicted octanol–water partition coefficient (Wildman–Crippen LogP) is 12.2. The van der Waals surface area contributed by atoms with Crippen molar-refractivity contribution < 1.29 is 42.9 Å². The minimum atomic E-state index is -1.63. The van der Waals surface area contributed by atoms with Gasteiger partial charge in [-0.3, -0.25) is 9.59 Å². The van der Waals surface area contributed by atoms with Gasteiger partial charge >= 0.3 is 11.9 Å². The van der Waals surface area contributed by atoms with Crippen LogP contribution in [0.3, 0.4) is 0 Å². The maximum Gasteiger partial charge on any atom is 0.306 e. The molecule has 0 aromatic carbocycles. The highest BCUT2D eigenvalue weighted by atomic mass is 16.7. The lowest BCUT2D eigenvalue weighted by Gasteiger charge is -2.26. The molecule has 0 aliphatic rings. The van der Waals surface area contributed by atoms with Crippen LogP contribution < -0.4 is 5.11 Å². The van der Waals surface area contributed by atoms with Crippen LogP contribution >= 0.6 is 0 Å². The molecule has 0 aliphatic carbocycles. The highest BCUT2D eigenvalue weighted by molar-refractivity contribution is 5.70. The van der Waals surface area contributed by atoms with Gasteiger partial charge < -0.3 is 33.3 Å². The van der Waals surface area contributed by atoms with Crippen LogP contribution in [0.25, 0.3) is 0 Å². The average molecular weight is 870 g/mol. The second-order valence-corrected chi connectivity index (χ2v) is 17.4. The van der Waals surface area contributed by atoms with Crippen molar-refractivity contribution in [3.05, 3.63) is 72.9 Å². The molecule has 0 N–H and O–H groups in total. The Kier molecular flexibility index (Phi) is 42.0. The summed E-state index contributed by atoms with van der Waals surface area (Å²) in [7, 11) is 5.90. The molecule has 0 radical (unpaired) electrons. The minimum Gasteiger partial charge on any atom is -0.545 e. The number of quaternary nitrogens is 1. The van der Waals surface area contributed by atoms with Gasteiger partial charge in [0.2, 0.25) is 0 Å². The van der Waals surface area contributed by atoms with E-state index in [-0.39, 0.29) is 38.6 Å². The van der Waals surface area contributed by atoms with Crippen LogP contribution in [0, 0.1) is 0 Å². The van der Waals surface area contributed by atoms with Crippen molar-refractivity contribution in [3.63, 3.8) is 0 Å². The number of carbonyl (C=O) groups is 3. The molecular formula is C53H91NO8. The number of carboxylic acids is 1. The first kappa shape index (κ1) is 58.7. The monoisotopic (exact) mass is 870 g/mol. The summed E-state index contributed by atoms with van der Waals surface area (Å²) in [5, 5.41) is 11.7. The Morgan fingerprint density at radius 3 is 1.37 bits per heavy atom. The van der Waals surface area contributed by atoms with Crippen molar-refractivity contribution in [2.45, 2.75) is 200 Å². The van der Waals surface area contributed by atoms with Crippen molar-refractivity contribution in [3.8, 4) is 0 Å². The number of unbranched alkanes of at least 4 members (excludes halogenated alkanes) is 17. The summed E-state index contributed by atoms with van der Waals surface area (Å²) < 4.78 is 22.6. The highest BCUT2D eigenvalue weighted by Gasteiger charge is 2.21. The summed E-state index contributed by atoms with van der Waals surface area (Å²) in [5.74, 6) is -2.32. The van der Waals surface area contributed by atoms with Gasteiger partial charge in [-0.15, -0.1) is 0 Å². The van der Waals surface area contributed by atoms with Gasteiger partial charge in [0, 0.05) is 12.8 Å². The number of rotatable bonds is 44. The summed E-state index contributed by atoms with van der Waals surface area (Å²) in [6.07, 6.45) is 52.1. The van der Waals surface area contributed by atoms with Gasteiger partial charge in [0.25, 0.3) is 0 Å². The highest BCUT2D eigenvalue weighted by Crippen LogP contribution is 2.13. The molecule has 9 nitrogen and oxygen atoms in total. The first-order valence-electron chi connectivity index (χ1n) is 24.6. The third kappa shape index (κ3) is 44.8. The Bertz CT molecular complexity index is 1240. The van der Waals surface area contributed by atoms with Crippen LogP contribution in [0.4, 0.5) is 0 Å². The molecule has 356 valence electrons. The quantitative estimate of drug-likeness (QED) is 0.0196. The van der Waals surface area contributed by atoms with Crippen molar-refractivity contribution in [1.82, 2.24) is 0 Å². The summed E-state index contributed by atoms with van der Waals surface area (Å²) in [5.41, 5.74) is 0. The largest absolute Gasteiger partial charge is 0.545 e. The second-order valence-electron chi connectivity index (χ2n) is 17.4. The molecule has 0 bridgehead atoms. The SMILES string of the molecule is CC/C=C\C/C=C\C/C=C\C/C=C\CCCCCCCCCCC(=O)OC(COC(=O)CCCCCCC/C=C\C/C=C\CCCCCC)COC(OCC[N+](C)(C)C)C(=O)[O-]. The molecule has 9 heteroatoms. The number of aliphatic carboxylic acids is 1. The van der Waals surface area contributed by atoms with E-state index in [1.165, 1.54) is 57.8 Å². The normalized spacial score (nSPS) is 13.5. The van der Waals surface area contributed by atoms with Crippen LogP contribution in [-0.4, -0.2) is 82.3 Å². The van der Waals surface area contributed by atoms with Gasteiger partial charge in [0.1, 0.15) is 13.2 Å². The summed E-state index contributed by atoms with van der Waals surface area (Å²) in [4.78, 5) is 37.1. The van der Waals surface area contributed by atoms with Crippen LogP contribution in [0.5, 0.6) is 0 Å². The number of hydrogen-bond acceptors (Lipinski definition) is 8. The predicted molar refractivity (Wildman–Crippen MR) is 255 cm³/mol. The van der Waals surface area contributed by atoms with E-state index in [1.807, 2.05) is 21.1 Å². The zero-order valence-electron chi connectivity index (χ0n) is 40.2. The molecule has 62 heavy (non-hydrogen) atoms.